The number of fused-ring (bicyclic) bond motifs is 1. The Labute approximate surface area is 158 Å². The number of aromatic nitrogens is 1. The van der Waals surface area contributed by atoms with Gasteiger partial charge in [-0.05, 0) is 36.4 Å². The number of carbonyl (C=O) groups excluding carboxylic acids is 2. The molecule has 0 bridgehead atoms. The van der Waals surface area contributed by atoms with E-state index < -0.39 is 18.0 Å². The molecule has 0 aliphatic carbocycles. The van der Waals surface area contributed by atoms with Crippen molar-refractivity contribution in [2.24, 2.45) is 5.73 Å². The quantitative estimate of drug-likeness (QED) is 0.457. The third kappa shape index (κ3) is 5.76. The van der Waals surface area contributed by atoms with Crippen molar-refractivity contribution in [1.29, 1.82) is 0 Å². The molecule has 5 N–H and O–H groups in total. The first kappa shape index (κ1) is 19.8. The van der Waals surface area contributed by atoms with Crippen LogP contribution in [0.3, 0.4) is 0 Å². The van der Waals surface area contributed by atoms with E-state index in [2.05, 4.69) is 26.6 Å². The van der Waals surface area contributed by atoms with Gasteiger partial charge in [-0.15, -0.1) is 0 Å². The number of aliphatic carboxylic acids is 1. The van der Waals surface area contributed by atoms with E-state index in [-0.39, 0.29) is 25.3 Å². The minimum Gasteiger partial charge on any atom is -0.480 e. The van der Waals surface area contributed by atoms with Gasteiger partial charge in [0.1, 0.15) is 6.04 Å². The zero-order chi connectivity index (χ0) is 19.1. The van der Waals surface area contributed by atoms with Crippen molar-refractivity contribution >= 4 is 44.7 Å². The number of nitrogens with two attached hydrogens (primary N) is 1. The summed E-state index contributed by atoms with van der Waals surface area (Å²) >= 11 is 3.43. The Morgan fingerprint density at radius 2 is 2.04 bits per heavy atom. The van der Waals surface area contributed by atoms with Gasteiger partial charge < -0.3 is 26.0 Å². The molecule has 9 heteroatoms. The normalized spacial score (nSPS) is 11.9. The van der Waals surface area contributed by atoms with Crippen LogP contribution in [0.2, 0.25) is 0 Å². The lowest BCUT2D eigenvalue weighted by Crippen LogP contribution is -2.41. The summed E-state index contributed by atoms with van der Waals surface area (Å²) < 4.78 is 2.90. The van der Waals surface area contributed by atoms with Crippen LogP contribution in [0, 0.1) is 0 Å². The van der Waals surface area contributed by atoms with Gasteiger partial charge in [0.25, 0.3) is 0 Å². The average Bonchev–Trinajstić information content (AvgIpc) is 2.97. The summed E-state index contributed by atoms with van der Waals surface area (Å²) in [4.78, 5) is 34.0. The molecule has 1 atom stereocenters. The fraction of sp³-hybridized carbons (Fsp3) is 0.353. The molecule has 0 fully saturated rings. The van der Waals surface area contributed by atoms with E-state index in [9.17, 15) is 19.5 Å². The van der Waals surface area contributed by atoms with Gasteiger partial charge in [0, 0.05) is 35.7 Å². The molecule has 0 spiro atoms. The lowest BCUT2D eigenvalue weighted by Gasteiger charge is -2.15. The molecule has 1 heterocycles. The standard InChI is InChI=1S/C17H21BrN4O4/c18-12-4-3-11-5-8-22(14(11)10-12)9-6-15(23)21-13(16(24)25)2-1-7-20-17(19)26/h3-5,8,10,13H,1-2,6-7,9H2,(H,21,23)(H,24,25)(H3,19,20,26)/t13-/m0/s1. The number of urea groups is 1. The number of carboxylic acids is 1. The fourth-order valence-electron chi connectivity index (χ4n) is 2.62. The first-order valence-corrected chi connectivity index (χ1v) is 8.96. The molecular formula is C17H21BrN4O4. The Bertz CT molecular complexity index is 805. The van der Waals surface area contributed by atoms with Gasteiger partial charge in [0.05, 0.1) is 0 Å². The second kappa shape index (κ2) is 9.23. The van der Waals surface area contributed by atoms with Crippen molar-refractivity contribution in [3.8, 4) is 0 Å². The summed E-state index contributed by atoms with van der Waals surface area (Å²) in [6.45, 7) is 0.709. The lowest BCUT2D eigenvalue weighted by atomic mass is 10.1. The number of nitrogens with zero attached hydrogens (tertiary/aromatic N) is 1. The molecule has 0 aliphatic heterocycles. The van der Waals surface area contributed by atoms with Crippen LogP contribution in [0.1, 0.15) is 19.3 Å². The Morgan fingerprint density at radius 3 is 2.73 bits per heavy atom. The Hall–Kier alpha value is -2.55. The number of halogens is 1. The first-order chi connectivity index (χ1) is 12.4. The lowest BCUT2D eigenvalue weighted by molar-refractivity contribution is -0.142. The summed E-state index contributed by atoms with van der Waals surface area (Å²) in [5.74, 6) is -1.44. The van der Waals surface area contributed by atoms with E-state index in [1.165, 1.54) is 0 Å². The van der Waals surface area contributed by atoms with Crippen LogP contribution in [0.5, 0.6) is 0 Å². The van der Waals surface area contributed by atoms with Crippen LogP contribution < -0.4 is 16.4 Å². The topological polar surface area (TPSA) is 126 Å². The summed E-state index contributed by atoms with van der Waals surface area (Å²) in [6.07, 6.45) is 2.67. The van der Waals surface area contributed by atoms with Crippen molar-refractivity contribution in [1.82, 2.24) is 15.2 Å². The number of amides is 3. The number of carbonyl (C=O) groups is 3. The maximum atomic E-state index is 12.1. The zero-order valence-corrected chi connectivity index (χ0v) is 15.7. The summed E-state index contributed by atoms with van der Waals surface area (Å²) in [6, 6.07) is 6.21. The van der Waals surface area contributed by atoms with Crippen LogP contribution in [-0.2, 0) is 16.1 Å². The molecule has 3 amide bonds. The third-order valence-electron chi connectivity index (χ3n) is 3.92. The van der Waals surface area contributed by atoms with E-state index in [0.717, 1.165) is 15.4 Å². The summed E-state index contributed by atoms with van der Waals surface area (Å²) in [5.41, 5.74) is 5.94. The second-order valence-corrected chi connectivity index (χ2v) is 6.77. The monoisotopic (exact) mass is 424 g/mol. The third-order valence-corrected chi connectivity index (χ3v) is 4.41. The zero-order valence-electron chi connectivity index (χ0n) is 14.1. The van der Waals surface area contributed by atoms with E-state index in [4.69, 9.17) is 5.73 Å². The maximum Gasteiger partial charge on any atom is 0.326 e. The van der Waals surface area contributed by atoms with Crippen LogP contribution in [-0.4, -0.2) is 40.2 Å². The summed E-state index contributed by atoms with van der Waals surface area (Å²) in [7, 11) is 0. The molecule has 26 heavy (non-hydrogen) atoms. The minimum atomic E-state index is -1.10. The van der Waals surface area contributed by atoms with Gasteiger partial charge in [-0.3, -0.25) is 4.79 Å². The van der Waals surface area contributed by atoms with Crippen LogP contribution >= 0.6 is 15.9 Å². The van der Waals surface area contributed by atoms with Gasteiger partial charge >= 0.3 is 12.0 Å². The fourth-order valence-corrected chi connectivity index (χ4v) is 2.96. The number of rotatable bonds is 9. The van der Waals surface area contributed by atoms with Crippen molar-refractivity contribution in [2.75, 3.05) is 6.54 Å². The van der Waals surface area contributed by atoms with Crippen molar-refractivity contribution in [3.63, 3.8) is 0 Å². The smallest absolute Gasteiger partial charge is 0.326 e. The van der Waals surface area contributed by atoms with Crippen molar-refractivity contribution in [3.05, 3.63) is 34.9 Å². The molecule has 1 aromatic carbocycles. The highest BCUT2D eigenvalue weighted by Gasteiger charge is 2.19. The Morgan fingerprint density at radius 1 is 1.27 bits per heavy atom. The van der Waals surface area contributed by atoms with E-state index >= 15 is 0 Å². The van der Waals surface area contributed by atoms with Gasteiger partial charge in [-0.2, -0.15) is 0 Å². The van der Waals surface area contributed by atoms with Crippen LogP contribution in [0.25, 0.3) is 10.9 Å². The number of hydrogen-bond donors (Lipinski definition) is 4. The molecule has 8 nitrogen and oxygen atoms in total. The number of nitrogens with one attached hydrogen (secondary N) is 2. The maximum absolute atomic E-state index is 12.1. The molecule has 140 valence electrons. The number of benzene rings is 1. The molecule has 0 aliphatic rings. The van der Waals surface area contributed by atoms with Crippen molar-refractivity contribution in [2.45, 2.75) is 31.8 Å². The van der Waals surface area contributed by atoms with E-state index in [1.807, 2.05) is 35.0 Å². The van der Waals surface area contributed by atoms with Gasteiger partial charge in [-0.1, -0.05) is 22.0 Å². The SMILES string of the molecule is NC(=O)NCCC[C@H](NC(=O)CCn1ccc2ccc(Br)cc21)C(=O)O. The van der Waals surface area contributed by atoms with Gasteiger partial charge in [0.2, 0.25) is 5.91 Å². The Kier molecular flexibility index (Phi) is 7.02. The molecule has 0 radical (unpaired) electrons. The number of carboxylic acid groups (broad SMARTS) is 1. The number of aryl methyl sites for hydroxylation is 1. The van der Waals surface area contributed by atoms with Crippen LogP contribution in [0.4, 0.5) is 4.79 Å². The molecule has 0 saturated carbocycles. The average molecular weight is 425 g/mol. The first-order valence-electron chi connectivity index (χ1n) is 8.16. The number of primary amides is 1. The highest BCUT2D eigenvalue weighted by atomic mass is 79.9. The Balaban J connectivity index is 1.86. The second-order valence-electron chi connectivity index (χ2n) is 5.85. The largest absolute Gasteiger partial charge is 0.480 e. The van der Waals surface area contributed by atoms with Crippen LogP contribution in [0.15, 0.2) is 34.9 Å². The highest BCUT2D eigenvalue weighted by molar-refractivity contribution is 9.10. The van der Waals surface area contributed by atoms with Gasteiger partial charge in [-0.25, -0.2) is 9.59 Å². The minimum absolute atomic E-state index is 0.166. The highest BCUT2D eigenvalue weighted by Crippen LogP contribution is 2.21. The number of hydrogen-bond acceptors (Lipinski definition) is 3. The van der Waals surface area contributed by atoms with E-state index in [1.54, 1.807) is 0 Å². The molecule has 1 aromatic heterocycles. The molecule has 2 rings (SSSR count). The predicted molar refractivity (Wildman–Crippen MR) is 101 cm³/mol. The van der Waals surface area contributed by atoms with E-state index in [0.29, 0.717) is 13.0 Å². The predicted octanol–water partition coefficient (Wildman–Crippen LogP) is 1.81. The molecule has 0 saturated heterocycles. The summed E-state index contributed by atoms with van der Waals surface area (Å²) in [5, 5.41) is 15.2. The molecule has 2 aromatic rings. The molecular weight excluding hydrogens is 404 g/mol. The molecule has 0 unspecified atom stereocenters. The van der Waals surface area contributed by atoms with Gasteiger partial charge in [0.15, 0.2) is 0 Å². The van der Waals surface area contributed by atoms with Crippen molar-refractivity contribution < 1.29 is 19.5 Å².